The summed E-state index contributed by atoms with van der Waals surface area (Å²) in [6.07, 6.45) is 3.15. The number of hydrogen-bond donors (Lipinski definition) is 3. The fourth-order valence-electron chi connectivity index (χ4n) is 2.47. The van der Waals surface area contributed by atoms with Crippen LogP contribution in [0.15, 0.2) is 10.2 Å². The zero-order valence-corrected chi connectivity index (χ0v) is 12.9. The molecule has 5 N–H and O–H groups in total. The number of fused-ring (bicyclic) bond motifs is 1. The summed E-state index contributed by atoms with van der Waals surface area (Å²) in [5, 5.41) is 17.8. The van der Waals surface area contributed by atoms with Crippen LogP contribution in [0.3, 0.4) is 0 Å². The number of hydrogen-bond acceptors (Lipinski definition) is 4. The Kier molecular flexibility index (Phi) is 3.80. The van der Waals surface area contributed by atoms with E-state index in [4.69, 9.17) is 16.2 Å². The monoisotopic (exact) mass is 290 g/mol. The second kappa shape index (κ2) is 5.27. The van der Waals surface area contributed by atoms with Gasteiger partial charge in [0, 0.05) is 11.1 Å². The van der Waals surface area contributed by atoms with Gasteiger partial charge < -0.3 is 21.3 Å². The van der Waals surface area contributed by atoms with E-state index in [1.807, 2.05) is 13.8 Å². The molecule has 0 fully saturated rings. The minimum Gasteiger partial charge on any atom is -0.507 e. The van der Waals surface area contributed by atoms with Crippen LogP contribution in [0.1, 0.15) is 42.5 Å². The maximum Gasteiger partial charge on any atom is 0.211 e. The van der Waals surface area contributed by atoms with E-state index in [1.165, 1.54) is 6.21 Å². The summed E-state index contributed by atoms with van der Waals surface area (Å²) in [6.45, 7) is 7.93. The molecule has 6 heteroatoms. The highest BCUT2D eigenvalue weighted by atomic mass is 16.5. The minimum atomic E-state index is -0.213. The Morgan fingerprint density at radius 3 is 2.57 bits per heavy atom. The molecule has 0 amide bonds. The van der Waals surface area contributed by atoms with Gasteiger partial charge in [0.15, 0.2) is 0 Å². The summed E-state index contributed by atoms with van der Waals surface area (Å²) in [4.78, 5) is 0. The summed E-state index contributed by atoms with van der Waals surface area (Å²) in [5.41, 5.74) is 13.6. The van der Waals surface area contributed by atoms with E-state index in [2.05, 4.69) is 24.1 Å². The van der Waals surface area contributed by atoms with Crippen LogP contribution in [0.4, 0.5) is 0 Å². The first kappa shape index (κ1) is 15.2. The van der Waals surface area contributed by atoms with Crippen LogP contribution < -0.4 is 16.2 Å². The summed E-state index contributed by atoms with van der Waals surface area (Å²) >= 11 is 0. The second-order valence-electron chi connectivity index (χ2n) is 5.95. The Bertz CT molecular complexity index is 629. The van der Waals surface area contributed by atoms with E-state index < -0.39 is 0 Å². The van der Waals surface area contributed by atoms with E-state index in [0.29, 0.717) is 5.56 Å². The van der Waals surface area contributed by atoms with Gasteiger partial charge >= 0.3 is 0 Å². The van der Waals surface area contributed by atoms with Gasteiger partial charge in [-0.3, -0.25) is 0 Å². The summed E-state index contributed by atoms with van der Waals surface area (Å²) in [6, 6.07) is 0. The number of phenols is 1. The van der Waals surface area contributed by atoms with Crippen molar-refractivity contribution in [1.82, 2.24) is 0 Å². The molecule has 0 bridgehead atoms. The first-order valence-electron chi connectivity index (χ1n) is 6.89. The number of nitrogens with zero attached hydrogens (tertiary/aromatic N) is 2. The quantitative estimate of drug-likeness (QED) is 0.438. The Morgan fingerprint density at radius 1 is 1.29 bits per heavy atom. The van der Waals surface area contributed by atoms with Crippen molar-refractivity contribution in [3.05, 3.63) is 22.3 Å². The average molecular weight is 290 g/mol. The fourth-order valence-corrected chi connectivity index (χ4v) is 2.47. The van der Waals surface area contributed by atoms with Gasteiger partial charge in [0.1, 0.15) is 17.1 Å². The first-order chi connectivity index (χ1) is 9.73. The van der Waals surface area contributed by atoms with Crippen molar-refractivity contribution in [3.63, 3.8) is 0 Å². The van der Waals surface area contributed by atoms with Crippen LogP contribution >= 0.6 is 0 Å². The van der Waals surface area contributed by atoms with Gasteiger partial charge in [0.2, 0.25) is 5.96 Å². The maximum absolute atomic E-state index is 10.4. The van der Waals surface area contributed by atoms with Crippen LogP contribution in [-0.2, 0) is 6.42 Å². The molecule has 0 radical (unpaired) electrons. The number of guanidine groups is 1. The van der Waals surface area contributed by atoms with E-state index >= 15 is 0 Å². The fraction of sp³-hybridized carbons (Fsp3) is 0.467. The molecule has 0 saturated carbocycles. The summed E-state index contributed by atoms with van der Waals surface area (Å²) in [7, 11) is 0. The second-order valence-corrected chi connectivity index (χ2v) is 5.95. The first-order valence-corrected chi connectivity index (χ1v) is 6.89. The van der Waals surface area contributed by atoms with E-state index in [9.17, 15) is 5.11 Å². The lowest BCUT2D eigenvalue weighted by Crippen LogP contribution is -2.33. The third-order valence-electron chi connectivity index (χ3n) is 3.83. The smallest absolute Gasteiger partial charge is 0.211 e. The summed E-state index contributed by atoms with van der Waals surface area (Å²) < 4.78 is 6.10. The number of benzene rings is 1. The molecule has 6 nitrogen and oxygen atoms in total. The largest absolute Gasteiger partial charge is 0.507 e. The van der Waals surface area contributed by atoms with Crippen LogP contribution in [0.2, 0.25) is 0 Å². The lowest BCUT2D eigenvalue weighted by molar-refractivity contribution is 0.0833. The Balaban J connectivity index is 2.59. The topological polar surface area (TPSA) is 106 Å². The van der Waals surface area contributed by atoms with Crippen molar-refractivity contribution in [2.45, 2.75) is 46.1 Å². The molecule has 0 atom stereocenters. The lowest BCUT2D eigenvalue weighted by atomic mass is 9.88. The van der Waals surface area contributed by atoms with Gasteiger partial charge in [-0.05, 0) is 51.7 Å². The highest BCUT2D eigenvalue weighted by molar-refractivity contribution is 5.89. The molecule has 0 aromatic heterocycles. The lowest BCUT2D eigenvalue weighted by Gasteiger charge is -2.35. The van der Waals surface area contributed by atoms with Crippen molar-refractivity contribution in [2.24, 2.45) is 21.7 Å². The Hall–Kier alpha value is -2.24. The van der Waals surface area contributed by atoms with Crippen LogP contribution in [0.25, 0.3) is 0 Å². The Labute approximate surface area is 124 Å². The zero-order valence-electron chi connectivity index (χ0n) is 12.9. The predicted molar refractivity (Wildman–Crippen MR) is 84.0 cm³/mol. The van der Waals surface area contributed by atoms with Gasteiger partial charge in [0.05, 0.1) is 6.21 Å². The predicted octanol–water partition coefficient (Wildman–Crippen LogP) is 1.72. The van der Waals surface area contributed by atoms with E-state index in [0.717, 1.165) is 35.3 Å². The van der Waals surface area contributed by atoms with E-state index in [-0.39, 0.29) is 17.3 Å². The Morgan fingerprint density at radius 2 is 1.95 bits per heavy atom. The minimum absolute atomic E-state index is 0.124. The molecule has 21 heavy (non-hydrogen) atoms. The van der Waals surface area contributed by atoms with Crippen molar-refractivity contribution in [3.8, 4) is 11.5 Å². The molecule has 1 aromatic rings. The van der Waals surface area contributed by atoms with Crippen LogP contribution in [-0.4, -0.2) is 22.9 Å². The summed E-state index contributed by atoms with van der Waals surface area (Å²) in [5.74, 6) is 0.901. The molecule has 0 unspecified atom stereocenters. The highest BCUT2D eigenvalue weighted by Gasteiger charge is 2.31. The van der Waals surface area contributed by atoms with Gasteiger partial charge in [0.25, 0.3) is 0 Å². The van der Waals surface area contributed by atoms with Gasteiger partial charge in [-0.2, -0.15) is 5.10 Å². The van der Waals surface area contributed by atoms with Crippen molar-refractivity contribution in [2.75, 3.05) is 0 Å². The third kappa shape index (κ3) is 2.94. The number of aromatic hydroxyl groups is 1. The van der Waals surface area contributed by atoms with Gasteiger partial charge in [-0.1, -0.05) is 0 Å². The van der Waals surface area contributed by atoms with Crippen molar-refractivity contribution < 1.29 is 9.84 Å². The van der Waals surface area contributed by atoms with Gasteiger partial charge in [-0.15, -0.1) is 5.10 Å². The molecular formula is C15H22N4O2. The number of ether oxygens (including phenoxy) is 1. The van der Waals surface area contributed by atoms with Crippen molar-refractivity contribution >= 4 is 12.2 Å². The molecule has 1 heterocycles. The molecule has 0 aliphatic carbocycles. The SMILES string of the molecule is Cc1c(C)c2c(c(/C=N/N=C(N)N)c1O)CCC(C)(C)O2. The van der Waals surface area contributed by atoms with Gasteiger partial charge in [-0.25, -0.2) is 0 Å². The third-order valence-corrected chi connectivity index (χ3v) is 3.83. The molecule has 0 saturated heterocycles. The normalized spacial score (nSPS) is 16.4. The number of nitrogens with two attached hydrogens (primary N) is 2. The van der Waals surface area contributed by atoms with Crippen LogP contribution in [0, 0.1) is 13.8 Å². The van der Waals surface area contributed by atoms with Crippen LogP contribution in [0.5, 0.6) is 11.5 Å². The standard InChI is InChI=1S/C15H22N4O2/c1-8-9(2)13-10(5-6-15(3,4)21-13)11(12(8)20)7-18-19-14(16)17/h7,20H,5-6H2,1-4H3,(H4,16,17,19)/b18-7+. The average Bonchev–Trinajstić information content (AvgIpc) is 2.39. The van der Waals surface area contributed by atoms with E-state index in [1.54, 1.807) is 0 Å². The molecule has 114 valence electrons. The highest BCUT2D eigenvalue weighted by Crippen LogP contribution is 2.42. The molecule has 0 spiro atoms. The maximum atomic E-state index is 10.4. The molecule has 1 aromatic carbocycles. The molecule has 2 rings (SSSR count). The number of phenolic OH excluding ortho intramolecular Hbond substituents is 1. The molecule has 1 aliphatic rings. The number of rotatable bonds is 2. The molecular weight excluding hydrogens is 268 g/mol. The zero-order chi connectivity index (χ0) is 15.8. The van der Waals surface area contributed by atoms with Crippen molar-refractivity contribution in [1.29, 1.82) is 0 Å². The molecule has 1 aliphatic heterocycles.